The first-order valence-corrected chi connectivity index (χ1v) is 12.2. The van der Waals surface area contributed by atoms with Gasteiger partial charge in [0, 0.05) is 6.61 Å². The van der Waals surface area contributed by atoms with Crippen LogP contribution in [0, 0.1) is 23.2 Å². The molecule has 5 rings (SSSR count). The van der Waals surface area contributed by atoms with E-state index in [2.05, 4.69) is 62.4 Å². The van der Waals surface area contributed by atoms with Crippen molar-refractivity contribution in [1.82, 2.24) is 0 Å². The highest BCUT2D eigenvalue weighted by atomic mass is 16.5. The van der Waals surface area contributed by atoms with E-state index in [1.165, 1.54) is 43.2 Å². The number of rotatable bonds is 6. The molecule has 1 fully saturated rings. The van der Waals surface area contributed by atoms with Gasteiger partial charge in [0.2, 0.25) is 0 Å². The first-order valence-electron chi connectivity index (χ1n) is 12.2. The molecule has 31 heavy (non-hydrogen) atoms. The van der Waals surface area contributed by atoms with Crippen molar-refractivity contribution in [2.45, 2.75) is 64.9 Å². The van der Waals surface area contributed by atoms with Crippen LogP contribution in [0.5, 0.6) is 5.75 Å². The number of fused-ring (bicyclic) bond motifs is 5. The minimum absolute atomic E-state index is 0.299. The summed E-state index contributed by atoms with van der Waals surface area (Å²) in [6.07, 6.45) is 9.73. The van der Waals surface area contributed by atoms with E-state index in [1.54, 1.807) is 11.1 Å². The number of aryl methyl sites for hydroxylation is 1. The molecule has 2 aromatic carbocycles. The Kier molecular flexibility index (Phi) is 5.69. The van der Waals surface area contributed by atoms with Gasteiger partial charge in [0.25, 0.3) is 0 Å². The van der Waals surface area contributed by atoms with Crippen molar-refractivity contribution < 1.29 is 9.84 Å². The topological polar surface area (TPSA) is 29.5 Å². The molecule has 3 aliphatic carbocycles. The highest BCUT2D eigenvalue weighted by Crippen LogP contribution is 2.62. The number of hydrogen-bond donors (Lipinski definition) is 1. The summed E-state index contributed by atoms with van der Waals surface area (Å²) in [6, 6.07) is 17.3. The van der Waals surface area contributed by atoms with Crippen LogP contribution in [0.3, 0.4) is 0 Å². The van der Waals surface area contributed by atoms with Crippen molar-refractivity contribution in [3.05, 3.63) is 76.9 Å². The summed E-state index contributed by atoms with van der Waals surface area (Å²) >= 11 is 0. The van der Waals surface area contributed by atoms with Crippen molar-refractivity contribution in [2.24, 2.45) is 23.2 Å². The molecule has 5 atom stereocenters. The van der Waals surface area contributed by atoms with Gasteiger partial charge < -0.3 is 9.84 Å². The maximum Gasteiger partial charge on any atom is 0.120 e. The summed E-state index contributed by atoms with van der Waals surface area (Å²) in [6.45, 7) is 5.77. The van der Waals surface area contributed by atoms with Gasteiger partial charge in [-0.15, -0.1) is 0 Å². The molecule has 2 heteroatoms. The summed E-state index contributed by atoms with van der Waals surface area (Å²) in [5.74, 6) is 3.77. The van der Waals surface area contributed by atoms with E-state index in [0.29, 0.717) is 30.5 Å². The summed E-state index contributed by atoms with van der Waals surface area (Å²) in [5.41, 5.74) is 6.29. The second kappa shape index (κ2) is 8.47. The molecule has 2 aromatic rings. The summed E-state index contributed by atoms with van der Waals surface area (Å²) in [5, 5.41) is 9.46. The van der Waals surface area contributed by atoms with E-state index >= 15 is 0 Å². The maximum atomic E-state index is 9.46. The molecule has 164 valence electrons. The lowest BCUT2D eigenvalue weighted by Gasteiger charge is -2.51. The van der Waals surface area contributed by atoms with Crippen molar-refractivity contribution in [2.75, 3.05) is 6.61 Å². The largest absolute Gasteiger partial charge is 0.489 e. The fourth-order valence-electron chi connectivity index (χ4n) is 7.10. The van der Waals surface area contributed by atoms with E-state index in [0.717, 1.165) is 24.0 Å². The Bertz CT molecular complexity index is 946. The third-order valence-electron chi connectivity index (χ3n) is 8.68. The predicted octanol–water partition coefficient (Wildman–Crippen LogP) is 6.68. The Labute approximate surface area is 187 Å². The predicted molar refractivity (Wildman–Crippen MR) is 126 cm³/mol. The summed E-state index contributed by atoms with van der Waals surface area (Å²) in [4.78, 5) is 0. The SMILES string of the molecule is C[C@@H](CCO)C1=CC[C@H]2[C@@H]3CCc4cc(OCc5ccccc5)ccc4[C@H]3CC[C@]12C. The molecule has 0 saturated heterocycles. The molecule has 1 saturated carbocycles. The Morgan fingerprint density at radius 2 is 1.97 bits per heavy atom. The van der Waals surface area contributed by atoms with Crippen LogP contribution in [0.4, 0.5) is 0 Å². The van der Waals surface area contributed by atoms with Crippen molar-refractivity contribution in [3.8, 4) is 5.75 Å². The van der Waals surface area contributed by atoms with Gasteiger partial charge in [-0.05, 0) is 96.4 Å². The fourth-order valence-corrected chi connectivity index (χ4v) is 7.10. The lowest BCUT2D eigenvalue weighted by molar-refractivity contribution is 0.0678. The van der Waals surface area contributed by atoms with Crippen molar-refractivity contribution >= 4 is 0 Å². The molecule has 1 N–H and O–H groups in total. The van der Waals surface area contributed by atoms with Gasteiger partial charge in [-0.1, -0.05) is 61.9 Å². The molecule has 3 aliphatic rings. The molecular weight excluding hydrogens is 380 g/mol. The summed E-state index contributed by atoms with van der Waals surface area (Å²) < 4.78 is 6.11. The van der Waals surface area contributed by atoms with Gasteiger partial charge in [0.05, 0.1) is 0 Å². The number of aliphatic hydroxyl groups is 1. The quantitative estimate of drug-likeness (QED) is 0.532. The zero-order valence-corrected chi connectivity index (χ0v) is 19.0. The summed E-state index contributed by atoms with van der Waals surface area (Å²) in [7, 11) is 0. The highest BCUT2D eigenvalue weighted by Gasteiger charge is 2.52. The Balaban J connectivity index is 1.31. The van der Waals surface area contributed by atoms with Gasteiger partial charge >= 0.3 is 0 Å². The number of benzene rings is 2. The maximum absolute atomic E-state index is 9.46. The zero-order valence-electron chi connectivity index (χ0n) is 19.0. The Hall–Kier alpha value is -2.06. The van der Waals surface area contributed by atoms with Crippen molar-refractivity contribution in [3.63, 3.8) is 0 Å². The van der Waals surface area contributed by atoms with Crippen molar-refractivity contribution in [1.29, 1.82) is 0 Å². The standard InChI is InChI=1S/C29H36O2/c1-20(15-17-30)27-12-13-28-26-10-8-22-18-23(31-19-21-6-4-3-5-7-21)9-11-24(22)25(26)14-16-29(27,28)2/h3-7,9,11-12,18,20,25-26,28,30H,8,10,13-17,19H2,1-2H3/t20-,25+,26+,28-,29+/m0/s1. The molecule has 2 nitrogen and oxygen atoms in total. The van der Waals surface area contributed by atoms with Crippen LogP contribution in [0.1, 0.15) is 68.6 Å². The third kappa shape index (κ3) is 3.74. The van der Waals surface area contributed by atoms with Gasteiger partial charge in [0.1, 0.15) is 12.4 Å². The van der Waals surface area contributed by atoms with Crippen LogP contribution in [0.15, 0.2) is 60.2 Å². The monoisotopic (exact) mass is 416 g/mol. The zero-order chi connectivity index (χ0) is 21.4. The lowest BCUT2D eigenvalue weighted by Crippen LogP contribution is -2.42. The first-order chi connectivity index (χ1) is 15.1. The molecule has 0 heterocycles. The van der Waals surface area contributed by atoms with Crippen LogP contribution < -0.4 is 4.74 Å². The smallest absolute Gasteiger partial charge is 0.120 e. The fraction of sp³-hybridized carbons (Fsp3) is 0.517. The number of hydrogen-bond acceptors (Lipinski definition) is 2. The third-order valence-corrected chi connectivity index (χ3v) is 8.68. The second-order valence-electron chi connectivity index (χ2n) is 10.3. The average Bonchev–Trinajstić information content (AvgIpc) is 3.15. The number of ether oxygens (including phenoxy) is 1. The molecule has 0 unspecified atom stereocenters. The second-order valence-corrected chi connectivity index (χ2v) is 10.3. The van der Waals surface area contributed by atoms with E-state index in [1.807, 2.05) is 6.07 Å². The minimum Gasteiger partial charge on any atom is -0.489 e. The Morgan fingerprint density at radius 1 is 1.13 bits per heavy atom. The van der Waals surface area contributed by atoms with E-state index in [-0.39, 0.29) is 0 Å². The molecule has 0 bridgehead atoms. The van der Waals surface area contributed by atoms with Crippen LogP contribution in [-0.4, -0.2) is 11.7 Å². The molecule has 0 amide bonds. The molecule has 0 spiro atoms. The number of aliphatic hydroxyl groups excluding tert-OH is 1. The molecule has 0 radical (unpaired) electrons. The average molecular weight is 417 g/mol. The van der Waals surface area contributed by atoms with E-state index in [9.17, 15) is 5.11 Å². The van der Waals surface area contributed by atoms with Crippen LogP contribution >= 0.6 is 0 Å². The lowest BCUT2D eigenvalue weighted by atomic mass is 9.53. The van der Waals surface area contributed by atoms with Gasteiger partial charge in [-0.2, -0.15) is 0 Å². The van der Waals surface area contributed by atoms with Crippen LogP contribution in [-0.2, 0) is 13.0 Å². The normalized spacial score (nSPS) is 30.0. The Morgan fingerprint density at radius 3 is 2.77 bits per heavy atom. The highest BCUT2D eigenvalue weighted by molar-refractivity contribution is 5.42. The van der Waals surface area contributed by atoms with Gasteiger partial charge in [-0.3, -0.25) is 0 Å². The molecular formula is C29H36O2. The van der Waals surface area contributed by atoms with Gasteiger partial charge in [-0.25, -0.2) is 0 Å². The molecule has 0 aliphatic heterocycles. The van der Waals surface area contributed by atoms with E-state index in [4.69, 9.17) is 4.74 Å². The van der Waals surface area contributed by atoms with Crippen LogP contribution in [0.25, 0.3) is 0 Å². The molecule has 0 aromatic heterocycles. The van der Waals surface area contributed by atoms with Gasteiger partial charge in [0.15, 0.2) is 0 Å². The van der Waals surface area contributed by atoms with Crippen LogP contribution in [0.2, 0.25) is 0 Å². The first kappa shape index (κ1) is 20.8. The van der Waals surface area contributed by atoms with E-state index < -0.39 is 0 Å². The number of allylic oxidation sites excluding steroid dienone is 2. The minimum atomic E-state index is 0.299.